The molecule has 3 aromatic carbocycles. The number of nitrogens with one attached hydrogen (secondary N) is 1. The Morgan fingerprint density at radius 3 is 2.18 bits per heavy atom. The second kappa shape index (κ2) is 6.94. The highest BCUT2D eigenvalue weighted by molar-refractivity contribution is 9.10. The fourth-order valence-corrected chi connectivity index (χ4v) is 3.22. The van der Waals surface area contributed by atoms with Gasteiger partial charge in [-0.05, 0) is 66.7 Å². The summed E-state index contributed by atoms with van der Waals surface area (Å²) in [5.74, 6) is -1.21. The summed E-state index contributed by atoms with van der Waals surface area (Å²) in [6.07, 6.45) is 0. The van der Waals surface area contributed by atoms with Crippen LogP contribution in [-0.4, -0.2) is 22.8 Å². The number of fused-ring (bicyclic) bond motifs is 1. The van der Waals surface area contributed by atoms with E-state index in [0.29, 0.717) is 16.9 Å². The van der Waals surface area contributed by atoms with Gasteiger partial charge in [-0.25, -0.2) is 4.90 Å². The van der Waals surface area contributed by atoms with Crippen LogP contribution in [0.4, 0.5) is 11.4 Å². The lowest BCUT2D eigenvalue weighted by molar-refractivity contribution is 0.0924. The van der Waals surface area contributed by atoms with Crippen molar-refractivity contribution in [3.8, 4) is 5.75 Å². The van der Waals surface area contributed by atoms with Crippen molar-refractivity contribution in [3.05, 3.63) is 87.9 Å². The number of benzene rings is 3. The smallest absolute Gasteiger partial charge is 0.266 e. The third kappa shape index (κ3) is 3.16. The Labute approximate surface area is 168 Å². The van der Waals surface area contributed by atoms with Gasteiger partial charge in [0.15, 0.2) is 0 Å². The molecule has 0 aromatic heterocycles. The summed E-state index contributed by atoms with van der Waals surface area (Å²) in [5, 5.41) is 12.1. The van der Waals surface area contributed by atoms with E-state index in [1.807, 2.05) is 0 Å². The van der Waals surface area contributed by atoms with Gasteiger partial charge < -0.3 is 10.4 Å². The van der Waals surface area contributed by atoms with Gasteiger partial charge in [0.1, 0.15) is 5.75 Å². The van der Waals surface area contributed by atoms with E-state index in [9.17, 15) is 19.5 Å². The minimum Gasteiger partial charge on any atom is -0.508 e. The predicted octanol–water partition coefficient (Wildman–Crippen LogP) is 4.21. The lowest BCUT2D eigenvalue weighted by Crippen LogP contribution is -2.29. The van der Waals surface area contributed by atoms with E-state index in [4.69, 9.17) is 0 Å². The summed E-state index contributed by atoms with van der Waals surface area (Å²) in [6.45, 7) is 0. The van der Waals surface area contributed by atoms with Crippen LogP contribution in [0.1, 0.15) is 31.1 Å². The summed E-state index contributed by atoms with van der Waals surface area (Å²) >= 11 is 3.32. The zero-order valence-corrected chi connectivity index (χ0v) is 15.9. The number of nitrogens with zero attached hydrogens (tertiary/aromatic N) is 1. The Hall–Kier alpha value is -3.45. The highest BCUT2D eigenvalue weighted by atomic mass is 79.9. The average molecular weight is 437 g/mol. The number of phenols is 1. The van der Waals surface area contributed by atoms with E-state index in [0.717, 1.165) is 9.37 Å². The Morgan fingerprint density at radius 2 is 1.50 bits per heavy atom. The number of hydrogen-bond acceptors (Lipinski definition) is 4. The molecule has 0 saturated heterocycles. The van der Waals surface area contributed by atoms with Crippen molar-refractivity contribution in [2.75, 3.05) is 10.2 Å². The van der Waals surface area contributed by atoms with E-state index in [1.165, 1.54) is 36.4 Å². The Kier molecular flexibility index (Phi) is 4.44. The van der Waals surface area contributed by atoms with Crippen LogP contribution in [0.25, 0.3) is 0 Å². The Balaban J connectivity index is 1.61. The standard InChI is InChI=1S/C21H13BrN2O4/c22-13-3-1-12(2-4-13)19(26)23-14-5-10-17-18(11-14)21(28)24(20(17)27)15-6-8-16(25)9-7-15/h1-11,25H,(H,23,26). The molecule has 7 heteroatoms. The minimum absolute atomic E-state index is 0.0401. The molecule has 0 atom stereocenters. The van der Waals surface area contributed by atoms with Gasteiger partial charge in [-0.1, -0.05) is 15.9 Å². The normalized spacial score (nSPS) is 12.8. The molecule has 0 bridgehead atoms. The van der Waals surface area contributed by atoms with Crippen LogP contribution in [0.2, 0.25) is 0 Å². The van der Waals surface area contributed by atoms with Gasteiger partial charge in [0.25, 0.3) is 17.7 Å². The predicted molar refractivity (Wildman–Crippen MR) is 108 cm³/mol. The molecule has 28 heavy (non-hydrogen) atoms. The molecule has 1 aliphatic heterocycles. The molecule has 1 heterocycles. The number of phenolic OH excluding ortho intramolecular Hbond substituents is 1. The SMILES string of the molecule is O=C(Nc1ccc2c(c1)C(=O)N(c1ccc(O)cc1)C2=O)c1ccc(Br)cc1. The second-order valence-electron chi connectivity index (χ2n) is 6.18. The third-order valence-corrected chi connectivity index (χ3v) is 4.89. The number of rotatable bonds is 3. The maximum absolute atomic E-state index is 12.8. The lowest BCUT2D eigenvalue weighted by atomic mass is 10.1. The number of aromatic hydroxyl groups is 1. The molecule has 0 fully saturated rings. The molecule has 0 unspecified atom stereocenters. The van der Waals surface area contributed by atoms with Crippen LogP contribution in [0.15, 0.2) is 71.2 Å². The quantitative estimate of drug-likeness (QED) is 0.602. The van der Waals surface area contributed by atoms with E-state index in [2.05, 4.69) is 21.2 Å². The first-order chi connectivity index (χ1) is 13.4. The van der Waals surface area contributed by atoms with Crippen LogP contribution >= 0.6 is 15.9 Å². The zero-order valence-electron chi connectivity index (χ0n) is 14.3. The minimum atomic E-state index is -0.481. The summed E-state index contributed by atoms with van der Waals surface area (Å²) in [4.78, 5) is 38.8. The first-order valence-electron chi connectivity index (χ1n) is 8.33. The van der Waals surface area contributed by atoms with Crippen molar-refractivity contribution in [2.24, 2.45) is 0 Å². The first kappa shape index (κ1) is 17.9. The largest absolute Gasteiger partial charge is 0.508 e. The van der Waals surface area contributed by atoms with E-state index in [-0.39, 0.29) is 22.8 Å². The van der Waals surface area contributed by atoms with Crippen LogP contribution < -0.4 is 10.2 Å². The highest BCUT2D eigenvalue weighted by Crippen LogP contribution is 2.31. The van der Waals surface area contributed by atoms with Crippen molar-refractivity contribution < 1.29 is 19.5 Å². The highest BCUT2D eigenvalue weighted by Gasteiger charge is 2.36. The van der Waals surface area contributed by atoms with Gasteiger partial charge in [0, 0.05) is 15.7 Å². The first-order valence-corrected chi connectivity index (χ1v) is 9.12. The topological polar surface area (TPSA) is 86.7 Å². The van der Waals surface area contributed by atoms with E-state index in [1.54, 1.807) is 30.3 Å². The van der Waals surface area contributed by atoms with Gasteiger partial charge in [-0.15, -0.1) is 0 Å². The van der Waals surface area contributed by atoms with E-state index < -0.39 is 11.8 Å². The number of carbonyl (C=O) groups excluding carboxylic acids is 3. The van der Waals surface area contributed by atoms with Gasteiger partial charge >= 0.3 is 0 Å². The molecule has 1 aliphatic rings. The molecule has 4 rings (SSSR count). The number of amides is 3. The molecule has 0 saturated carbocycles. The molecule has 0 spiro atoms. The zero-order chi connectivity index (χ0) is 19.8. The molecular formula is C21H13BrN2O4. The maximum Gasteiger partial charge on any atom is 0.266 e. The Morgan fingerprint density at radius 1 is 0.857 bits per heavy atom. The fourth-order valence-electron chi connectivity index (χ4n) is 2.96. The lowest BCUT2D eigenvalue weighted by Gasteiger charge is -2.13. The van der Waals surface area contributed by atoms with Gasteiger partial charge in [-0.2, -0.15) is 0 Å². The summed E-state index contributed by atoms with van der Waals surface area (Å²) in [7, 11) is 0. The van der Waals surface area contributed by atoms with Gasteiger partial charge in [-0.3, -0.25) is 14.4 Å². The van der Waals surface area contributed by atoms with E-state index >= 15 is 0 Å². The summed E-state index contributed by atoms with van der Waals surface area (Å²) < 4.78 is 0.861. The van der Waals surface area contributed by atoms with Crippen LogP contribution in [0, 0.1) is 0 Å². The molecule has 0 radical (unpaired) electrons. The van der Waals surface area contributed by atoms with Crippen molar-refractivity contribution in [2.45, 2.75) is 0 Å². The number of halogens is 1. The fraction of sp³-hybridized carbons (Fsp3) is 0. The molecule has 2 N–H and O–H groups in total. The molecule has 6 nitrogen and oxygen atoms in total. The van der Waals surface area contributed by atoms with Crippen LogP contribution in [0.3, 0.4) is 0 Å². The number of hydrogen-bond donors (Lipinski definition) is 2. The Bertz CT molecular complexity index is 1110. The van der Waals surface area contributed by atoms with Crippen molar-refractivity contribution in [1.29, 1.82) is 0 Å². The van der Waals surface area contributed by atoms with Crippen molar-refractivity contribution >= 4 is 45.0 Å². The molecule has 0 aliphatic carbocycles. The average Bonchev–Trinajstić information content (AvgIpc) is 2.93. The molecule has 3 amide bonds. The van der Waals surface area contributed by atoms with Gasteiger partial charge in [0.05, 0.1) is 16.8 Å². The van der Waals surface area contributed by atoms with Gasteiger partial charge in [0.2, 0.25) is 0 Å². The number of imide groups is 1. The molecule has 138 valence electrons. The van der Waals surface area contributed by atoms with Crippen LogP contribution in [0.5, 0.6) is 5.75 Å². The van der Waals surface area contributed by atoms with Crippen LogP contribution in [-0.2, 0) is 0 Å². The summed E-state index contributed by atoms with van der Waals surface area (Å²) in [5.41, 5.74) is 1.73. The third-order valence-electron chi connectivity index (χ3n) is 4.36. The second-order valence-corrected chi connectivity index (χ2v) is 7.10. The monoisotopic (exact) mass is 436 g/mol. The van der Waals surface area contributed by atoms with Crippen molar-refractivity contribution in [3.63, 3.8) is 0 Å². The molecular weight excluding hydrogens is 424 g/mol. The number of carbonyl (C=O) groups is 3. The number of anilines is 2. The maximum atomic E-state index is 12.8. The van der Waals surface area contributed by atoms with Crippen molar-refractivity contribution in [1.82, 2.24) is 0 Å². The molecule has 3 aromatic rings. The summed E-state index contributed by atoms with van der Waals surface area (Å²) in [6, 6.07) is 17.3.